The fourth-order valence-electron chi connectivity index (χ4n) is 1.53. The second kappa shape index (κ2) is 5.51. The van der Waals surface area contributed by atoms with Crippen molar-refractivity contribution in [2.45, 2.75) is 6.54 Å². The number of nitrogens with zero attached hydrogens (tertiary/aromatic N) is 1. The SMILES string of the molecule is COc1ccc(NCc2cc(F)c(O)c(F)c2)cn1. The van der Waals surface area contributed by atoms with Gasteiger partial charge in [0.25, 0.3) is 0 Å². The monoisotopic (exact) mass is 266 g/mol. The fourth-order valence-corrected chi connectivity index (χ4v) is 1.53. The van der Waals surface area contributed by atoms with Gasteiger partial charge in [-0.25, -0.2) is 13.8 Å². The first-order valence-corrected chi connectivity index (χ1v) is 5.51. The Balaban J connectivity index is 2.05. The third-order valence-corrected chi connectivity index (χ3v) is 2.52. The van der Waals surface area contributed by atoms with E-state index in [0.717, 1.165) is 12.1 Å². The molecule has 2 N–H and O–H groups in total. The highest BCUT2D eigenvalue weighted by Crippen LogP contribution is 2.22. The summed E-state index contributed by atoms with van der Waals surface area (Å²) in [5.41, 5.74) is 1.07. The molecular weight excluding hydrogens is 254 g/mol. The third-order valence-electron chi connectivity index (χ3n) is 2.52. The van der Waals surface area contributed by atoms with Crippen LogP contribution >= 0.6 is 0 Å². The summed E-state index contributed by atoms with van der Waals surface area (Å²) >= 11 is 0. The van der Waals surface area contributed by atoms with E-state index >= 15 is 0 Å². The van der Waals surface area contributed by atoms with Gasteiger partial charge in [-0.05, 0) is 23.8 Å². The van der Waals surface area contributed by atoms with Crippen LogP contribution in [0, 0.1) is 11.6 Å². The number of nitrogens with one attached hydrogen (secondary N) is 1. The van der Waals surface area contributed by atoms with Crippen LogP contribution in [0.1, 0.15) is 5.56 Å². The van der Waals surface area contributed by atoms with Gasteiger partial charge in [0, 0.05) is 12.6 Å². The summed E-state index contributed by atoms with van der Waals surface area (Å²) in [6.45, 7) is 0.210. The molecule has 0 aliphatic heterocycles. The quantitative estimate of drug-likeness (QED) is 0.893. The van der Waals surface area contributed by atoms with E-state index in [9.17, 15) is 8.78 Å². The Labute approximate surface area is 108 Å². The highest BCUT2D eigenvalue weighted by atomic mass is 19.1. The molecule has 0 atom stereocenters. The summed E-state index contributed by atoms with van der Waals surface area (Å²) in [6.07, 6.45) is 1.55. The van der Waals surface area contributed by atoms with Crippen molar-refractivity contribution >= 4 is 5.69 Å². The lowest BCUT2D eigenvalue weighted by molar-refractivity contribution is 0.395. The van der Waals surface area contributed by atoms with Gasteiger partial charge in [-0.15, -0.1) is 0 Å². The topological polar surface area (TPSA) is 54.4 Å². The lowest BCUT2D eigenvalue weighted by Crippen LogP contribution is -2.01. The van der Waals surface area contributed by atoms with Gasteiger partial charge in [0.15, 0.2) is 17.4 Å². The fraction of sp³-hybridized carbons (Fsp3) is 0.154. The summed E-state index contributed by atoms with van der Waals surface area (Å²) < 4.78 is 31.1. The normalized spacial score (nSPS) is 10.3. The van der Waals surface area contributed by atoms with Crippen LogP contribution in [0.4, 0.5) is 14.5 Å². The number of aromatic hydroxyl groups is 1. The molecule has 2 rings (SSSR count). The lowest BCUT2D eigenvalue weighted by atomic mass is 10.2. The van der Waals surface area contributed by atoms with Crippen LogP contribution in [0.15, 0.2) is 30.5 Å². The highest BCUT2D eigenvalue weighted by Gasteiger charge is 2.09. The van der Waals surface area contributed by atoms with Crippen LogP contribution < -0.4 is 10.1 Å². The maximum atomic E-state index is 13.1. The molecule has 19 heavy (non-hydrogen) atoms. The van der Waals surface area contributed by atoms with E-state index < -0.39 is 17.4 Å². The number of ether oxygens (including phenoxy) is 1. The molecule has 0 aliphatic carbocycles. The van der Waals surface area contributed by atoms with E-state index in [4.69, 9.17) is 9.84 Å². The largest absolute Gasteiger partial charge is 0.503 e. The summed E-state index contributed by atoms with van der Waals surface area (Å²) in [4.78, 5) is 3.99. The molecule has 0 saturated heterocycles. The zero-order chi connectivity index (χ0) is 13.8. The number of rotatable bonds is 4. The zero-order valence-electron chi connectivity index (χ0n) is 10.2. The van der Waals surface area contributed by atoms with Gasteiger partial charge >= 0.3 is 0 Å². The number of pyridine rings is 1. The van der Waals surface area contributed by atoms with Crippen molar-refractivity contribution in [1.29, 1.82) is 0 Å². The number of benzene rings is 1. The summed E-state index contributed by atoms with van der Waals surface area (Å²) in [5.74, 6) is -2.45. The molecule has 1 aromatic carbocycles. The average molecular weight is 266 g/mol. The molecule has 0 aliphatic rings. The van der Waals surface area contributed by atoms with E-state index in [1.54, 1.807) is 18.3 Å². The van der Waals surface area contributed by atoms with Gasteiger partial charge in [0.2, 0.25) is 5.88 Å². The summed E-state index contributed by atoms with van der Waals surface area (Å²) in [6, 6.07) is 5.55. The molecule has 4 nitrogen and oxygen atoms in total. The smallest absolute Gasteiger partial charge is 0.213 e. The number of halogens is 2. The molecule has 100 valence electrons. The third kappa shape index (κ3) is 3.09. The van der Waals surface area contributed by atoms with Crippen LogP contribution in [0.2, 0.25) is 0 Å². The van der Waals surface area contributed by atoms with E-state index in [1.807, 2.05) is 0 Å². The van der Waals surface area contributed by atoms with Crippen molar-refractivity contribution in [2.75, 3.05) is 12.4 Å². The number of hydrogen-bond acceptors (Lipinski definition) is 4. The van der Waals surface area contributed by atoms with Crippen LogP contribution in [-0.2, 0) is 6.54 Å². The Bertz CT molecular complexity index is 550. The van der Waals surface area contributed by atoms with Gasteiger partial charge in [0.1, 0.15) is 0 Å². The number of methoxy groups -OCH3 is 1. The molecule has 6 heteroatoms. The molecular formula is C13H12F2N2O2. The Morgan fingerprint density at radius 1 is 1.26 bits per heavy atom. The lowest BCUT2D eigenvalue weighted by Gasteiger charge is -2.08. The van der Waals surface area contributed by atoms with Crippen molar-refractivity contribution in [3.05, 3.63) is 47.7 Å². The zero-order valence-corrected chi connectivity index (χ0v) is 10.2. The number of anilines is 1. The number of phenols is 1. The molecule has 0 spiro atoms. The number of phenolic OH excluding ortho intramolecular Hbond substituents is 1. The molecule has 1 aromatic heterocycles. The van der Waals surface area contributed by atoms with Gasteiger partial charge in [0.05, 0.1) is 19.0 Å². The van der Waals surface area contributed by atoms with E-state index in [-0.39, 0.29) is 6.54 Å². The minimum absolute atomic E-state index is 0.210. The molecule has 0 saturated carbocycles. The molecule has 0 bridgehead atoms. The van der Waals surface area contributed by atoms with Crippen molar-refractivity contribution < 1.29 is 18.6 Å². The predicted molar refractivity (Wildman–Crippen MR) is 66.1 cm³/mol. The maximum absolute atomic E-state index is 13.1. The second-order valence-corrected chi connectivity index (χ2v) is 3.85. The predicted octanol–water partition coefficient (Wildman–Crippen LogP) is 2.69. The Morgan fingerprint density at radius 2 is 1.95 bits per heavy atom. The number of hydrogen-bond donors (Lipinski definition) is 2. The van der Waals surface area contributed by atoms with Crippen molar-refractivity contribution in [2.24, 2.45) is 0 Å². The Kier molecular flexibility index (Phi) is 3.79. The van der Waals surface area contributed by atoms with Gasteiger partial charge in [-0.3, -0.25) is 0 Å². The van der Waals surface area contributed by atoms with E-state index in [1.165, 1.54) is 7.11 Å². The summed E-state index contributed by atoms with van der Waals surface area (Å²) in [5, 5.41) is 11.9. The first kappa shape index (κ1) is 13.1. The van der Waals surface area contributed by atoms with Crippen LogP contribution in [-0.4, -0.2) is 17.2 Å². The molecule has 1 heterocycles. The van der Waals surface area contributed by atoms with Gasteiger partial charge in [-0.2, -0.15) is 0 Å². The van der Waals surface area contributed by atoms with Crippen LogP contribution in [0.5, 0.6) is 11.6 Å². The first-order chi connectivity index (χ1) is 9.10. The molecule has 2 aromatic rings. The standard InChI is InChI=1S/C13H12F2N2O2/c1-19-12-3-2-9(7-17-12)16-6-8-4-10(14)13(18)11(15)5-8/h2-5,7,16,18H,6H2,1H3. The minimum atomic E-state index is -0.982. The molecule has 0 radical (unpaired) electrons. The molecule has 0 amide bonds. The van der Waals surface area contributed by atoms with Crippen molar-refractivity contribution in [3.8, 4) is 11.6 Å². The van der Waals surface area contributed by atoms with Crippen LogP contribution in [0.3, 0.4) is 0 Å². The highest BCUT2D eigenvalue weighted by molar-refractivity contribution is 5.43. The van der Waals surface area contributed by atoms with Crippen LogP contribution in [0.25, 0.3) is 0 Å². The Morgan fingerprint density at radius 3 is 2.47 bits per heavy atom. The Hall–Kier alpha value is -2.37. The average Bonchev–Trinajstić information content (AvgIpc) is 2.43. The summed E-state index contributed by atoms with van der Waals surface area (Å²) in [7, 11) is 1.51. The minimum Gasteiger partial charge on any atom is -0.503 e. The number of aromatic nitrogens is 1. The maximum Gasteiger partial charge on any atom is 0.213 e. The van der Waals surface area contributed by atoms with E-state index in [2.05, 4.69) is 10.3 Å². The van der Waals surface area contributed by atoms with E-state index in [0.29, 0.717) is 17.1 Å². The first-order valence-electron chi connectivity index (χ1n) is 5.51. The van der Waals surface area contributed by atoms with Crippen molar-refractivity contribution in [3.63, 3.8) is 0 Å². The second-order valence-electron chi connectivity index (χ2n) is 3.85. The molecule has 0 unspecified atom stereocenters. The van der Waals surface area contributed by atoms with Gasteiger partial charge in [-0.1, -0.05) is 0 Å². The molecule has 0 fully saturated rings. The van der Waals surface area contributed by atoms with Gasteiger partial charge < -0.3 is 15.2 Å². The van der Waals surface area contributed by atoms with Crippen molar-refractivity contribution in [1.82, 2.24) is 4.98 Å².